The van der Waals surface area contributed by atoms with E-state index in [1.165, 1.54) is 16.8 Å². The van der Waals surface area contributed by atoms with Crippen LogP contribution >= 0.6 is 0 Å². The monoisotopic (exact) mass is 513 g/mol. The van der Waals surface area contributed by atoms with Gasteiger partial charge in [-0.15, -0.1) is 0 Å². The third-order valence-electron chi connectivity index (χ3n) is 8.70. The summed E-state index contributed by atoms with van der Waals surface area (Å²) in [6.45, 7) is 0. The molecule has 37 heavy (non-hydrogen) atoms. The van der Waals surface area contributed by atoms with Crippen LogP contribution in [0.4, 0.5) is 23.4 Å². The molecule has 0 spiro atoms. The van der Waals surface area contributed by atoms with Gasteiger partial charge in [0.05, 0.1) is 16.6 Å². The number of anilines is 1. The van der Waals surface area contributed by atoms with Gasteiger partial charge in [-0.05, 0) is 67.7 Å². The number of halogens is 4. The molecule has 2 heterocycles. The van der Waals surface area contributed by atoms with Crippen LogP contribution in [0.25, 0.3) is 16.7 Å². The first-order valence-corrected chi connectivity index (χ1v) is 12.6. The van der Waals surface area contributed by atoms with Gasteiger partial charge in [0.15, 0.2) is 11.4 Å². The fourth-order valence-electron chi connectivity index (χ4n) is 7.22. The largest absolute Gasteiger partial charge is 0.363 e. The SMILES string of the molecule is CN(C)c1ccc2c(=O)c(C(=O)CC34CC5CC(C3)C(F)(F)C(C5)C4)cn(-c3ccc(F)cc3F)c2n1. The molecule has 4 saturated carbocycles. The van der Waals surface area contributed by atoms with Crippen molar-refractivity contribution in [2.75, 3.05) is 19.0 Å². The molecule has 2 atom stereocenters. The number of hydrogen-bond donors (Lipinski definition) is 0. The second kappa shape index (κ2) is 8.13. The zero-order chi connectivity index (χ0) is 26.3. The molecule has 0 saturated heterocycles. The van der Waals surface area contributed by atoms with E-state index in [1.54, 1.807) is 31.1 Å². The van der Waals surface area contributed by atoms with Crippen LogP contribution in [-0.2, 0) is 0 Å². The number of carbonyl (C=O) groups excluding carboxylic acids is 1. The first kappa shape index (κ1) is 24.1. The number of Topliss-reactive ketones (excluding diaryl/α,β-unsaturated/α-hetero) is 1. The maximum atomic E-state index is 14.9. The van der Waals surface area contributed by atoms with Crippen molar-refractivity contribution in [1.29, 1.82) is 0 Å². The van der Waals surface area contributed by atoms with E-state index < -0.39 is 46.0 Å². The van der Waals surface area contributed by atoms with E-state index in [9.17, 15) is 27.2 Å². The summed E-state index contributed by atoms with van der Waals surface area (Å²) < 4.78 is 59.4. The Morgan fingerprint density at radius 3 is 2.43 bits per heavy atom. The molecular weight excluding hydrogens is 486 g/mol. The summed E-state index contributed by atoms with van der Waals surface area (Å²) in [6.07, 6.45) is 3.52. The summed E-state index contributed by atoms with van der Waals surface area (Å²) in [7, 11) is 3.53. The third kappa shape index (κ3) is 3.77. The Balaban J connectivity index is 1.46. The number of pyridine rings is 2. The Morgan fingerprint density at radius 1 is 1.08 bits per heavy atom. The second-order valence-corrected chi connectivity index (χ2v) is 11.4. The van der Waals surface area contributed by atoms with Crippen molar-refractivity contribution in [3.63, 3.8) is 0 Å². The highest BCUT2D eigenvalue weighted by molar-refractivity contribution is 5.99. The van der Waals surface area contributed by atoms with Gasteiger partial charge in [0.2, 0.25) is 5.43 Å². The van der Waals surface area contributed by atoms with Gasteiger partial charge >= 0.3 is 0 Å². The number of ketones is 1. The minimum Gasteiger partial charge on any atom is -0.363 e. The molecule has 7 rings (SSSR count). The average molecular weight is 514 g/mol. The van der Waals surface area contributed by atoms with Crippen molar-refractivity contribution in [3.8, 4) is 5.69 Å². The van der Waals surface area contributed by atoms with Crippen LogP contribution in [0.15, 0.2) is 41.3 Å². The van der Waals surface area contributed by atoms with Crippen LogP contribution < -0.4 is 10.3 Å². The number of alkyl halides is 2. The van der Waals surface area contributed by atoms with Crippen molar-refractivity contribution in [3.05, 3.63) is 63.9 Å². The van der Waals surface area contributed by atoms with Crippen LogP contribution in [0.1, 0.15) is 48.9 Å². The molecule has 3 aromatic rings. The zero-order valence-electron chi connectivity index (χ0n) is 20.6. The molecule has 2 unspecified atom stereocenters. The second-order valence-electron chi connectivity index (χ2n) is 11.4. The third-order valence-corrected chi connectivity index (χ3v) is 8.70. The summed E-state index contributed by atoms with van der Waals surface area (Å²) >= 11 is 0. The highest BCUT2D eigenvalue weighted by Gasteiger charge is 2.63. The normalized spacial score (nSPS) is 27.6. The summed E-state index contributed by atoms with van der Waals surface area (Å²) in [4.78, 5) is 33.4. The lowest BCUT2D eigenvalue weighted by molar-refractivity contribution is -0.225. The summed E-state index contributed by atoms with van der Waals surface area (Å²) in [5.74, 6) is -5.52. The van der Waals surface area contributed by atoms with E-state index in [0.29, 0.717) is 25.1 Å². The van der Waals surface area contributed by atoms with Gasteiger partial charge in [-0.1, -0.05) is 0 Å². The molecule has 4 aliphatic rings. The molecule has 0 amide bonds. The van der Waals surface area contributed by atoms with Crippen molar-refractivity contribution >= 4 is 22.6 Å². The Labute approximate surface area is 211 Å². The van der Waals surface area contributed by atoms with Gasteiger partial charge in [-0.25, -0.2) is 22.5 Å². The van der Waals surface area contributed by atoms with E-state index in [0.717, 1.165) is 12.1 Å². The minimum absolute atomic E-state index is 0.00242. The van der Waals surface area contributed by atoms with Gasteiger partial charge in [-0.2, -0.15) is 0 Å². The number of benzene rings is 1. The molecule has 4 aliphatic carbocycles. The first-order valence-electron chi connectivity index (χ1n) is 12.6. The lowest BCUT2D eigenvalue weighted by Gasteiger charge is -2.59. The smallest absolute Gasteiger partial charge is 0.253 e. The maximum absolute atomic E-state index is 14.9. The molecule has 0 aliphatic heterocycles. The lowest BCUT2D eigenvalue weighted by atomic mass is 9.47. The Kier molecular flexibility index (Phi) is 5.30. The highest BCUT2D eigenvalue weighted by atomic mass is 19.3. The number of aromatic nitrogens is 2. The number of fused-ring (bicyclic) bond motifs is 1. The molecule has 4 fully saturated rings. The van der Waals surface area contributed by atoms with Gasteiger partial charge in [0.1, 0.15) is 17.5 Å². The van der Waals surface area contributed by atoms with Crippen LogP contribution in [0, 0.1) is 34.8 Å². The maximum Gasteiger partial charge on any atom is 0.253 e. The summed E-state index contributed by atoms with van der Waals surface area (Å²) in [5, 5.41) is 0.122. The fraction of sp³-hybridized carbons (Fsp3) is 0.464. The topological polar surface area (TPSA) is 55.2 Å². The predicted octanol–water partition coefficient (Wildman–Crippen LogP) is 5.76. The van der Waals surface area contributed by atoms with E-state index >= 15 is 0 Å². The van der Waals surface area contributed by atoms with Gasteiger partial charge in [-0.3, -0.25) is 14.2 Å². The molecular formula is C28H27F4N3O2. The molecule has 5 nitrogen and oxygen atoms in total. The van der Waals surface area contributed by atoms with Gasteiger partial charge < -0.3 is 4.90 Å². The van der Waals surface area contributed by atoms with Crippen LogP contribution in [0.3, 0.4) is 0 Å². The van der Waals surface area contributed by atoms with Gasteiger partial charge in [0, 0.05) is 44.6 Å². The number of carbonyl (C=O) groups is 1. The van der Waals surface area contributed by atoms with E-state index in [4.69, 9.17) is 0 Å². The van der Waals surface area contributed by atoms with E-state index in [-0.39, 0.29) is 47.5 Å². The van der Waals surface area contributed by atoms with Crippen molar-refractivity contribution in [2.45, 2.75) is 44.4 Å². The Bertz CT molecular complexity index is 1480. The highest BCUT2D eigenvalue weighted by Crippen LogP contribution is 2.66. The quantitative estimate of drug-likeness (QED) is 0.321. The van der Waals surface area contributed by atoms with E-state index in [2.05, 4.69) is 4.98 Å². The molecule has 194 valence electrons. The van der Waals surface area contributed by atoms with Crippen LogP contribution in [-0.4, -0.2) is 35.4 Å². The molecule has 1 aromatic carbocycles. The lowest BCUT2D eigenvalue weighted by Crippen LogP contribution is -2.57. The number of hydrogen-bond acceptors (Lipinski definition) is 4. The van der Waals surface area contributed by atoms with Crippen LogP contribution in [0.5, 0.6) is 0 Å². The van der Waals surface area contributed by atoms with Crippen molar-refractivity contribution in [2.24, 2.45) is 23.2 Å². The zero-order valence-corrected chi connectivity index (χ0v) is 20.6. The summed E-state index contributed by atoms with van der Waals surface area (Å²) in [5.41, 5.74) is -1.15. The van der Waals surface area contributed by atoms with Crippen molar-refractivity contribution < 1.29 is 22.4 Å². The fourth-order valence-corrected chi connectivity index (χ4v) is 7.22. The van der Waals surface area contributed by atoms with Gasteiger partial charge in [0.25, 0.3) is 5.92 Å². The summed E-state index contributed by atoms with van der Waals surface area (Å²) in [6, 6.07) is 6.22. The Hall–Kier alpha value is -3.23. The average Bonchev–Trinajstić information content (AvgIpc) is 2.82. The van der Waals surface area contributed by atoms with Crippen LogP contribution in [0.2, 0.25) is 0 Å². The standard InChI is InChI=1S/C28H27F4N3O2/c1-34(2)24-6-4-19-25(37)20(14-35(26(19)33-24)22-5-3-18(29)9-21(22)30)23(36)13-27-10-15-7-16(11-27)28(31,32)17(8-15)12-27/h3-6,9,14-17H,7-8,10-13H2,1-2H3. The van der Waals surface area contributed by atoms with E-state index in [1.807, 2.05) is 0 Å². The number of nitrogens with zero attached hydrogens (tertiary/aromatic N) is 3. The molecule has 0 radical (unpaired) electrons. The molecule has 2 aromatic heterocycles. The Morgan fingerprint density at radius 2 is 1.78 bits per heavy atom. The molecule has 9 heteroatoms. The molecule has 0 N–H and O–H groups in total. The number of rotatable bonds is 5. The first-order chi connectivity index (χ1) is 17.5. The molecule has 4 bridgehead atoms. The van der Waals surface area contributed by atoms with Crippen molar-refractivity contribution in [1.82, 2.24) is 9.55 Å². The predicted molar refractivity (Wildman–Crippen MR) is 131 cm³/mol. The minimum atomic E-state index is -2.70.